The molecular weight excluding hydrogens is 262 g/mol. The Kier molecular flexibility index (Phi) is 6.15. The summed E-state index contributed by atoms with van der Waals surface area (Å²) in [7, 11) is 0. The molecule has 0 aromatic carbocycles. The summed E-state index contributed by atoms with van der Waals surface area (Å²) >= 11 is 2.23. The van der Waals surface area contributed by atoms with Crippen LogP contribution in [0, 0.1) is 11.8 Å². The van der Waals surface area contributed by atoms with Crippen molar-refractivity contribution in [3.05, 3.63) is 0 Å². The predicted octanol–water partition coefficient (Wildman–Crippen LogP) is 5.00. The van der Waals surface area contributed by atoms with E-state index >= 15 is 0 Å². The Morgan fingerprint density at radius 2 is 1.50 bits per heavy atom. The molecule has 116 valence electrons. The quantitative estimate of drug-likeness (QED) is 0.783. The van der Waals surface area contributed by atoms with Crippen LogP contribution in [0.2, 0.25) is 0 Å². The van der Waals surface area contributed by atoms with Gasteiger partial charge in [-0.3, -0.25) is 0 Å². The van der Waals surface area contributed by atoms with Crippen molar-refractivity contribution in [2.45, 2.75) is 88.3 Å². The van der Waals surface area contributed by atoms with Gasteiger partial charge in [0, 0.05) is 17.8 Å². The molecule has 3 aliphatic rings. The lowest BCUT2D eigenvalue weighted by Gasteiger charge is -2.40. The van der Waals surface area contributed by atoms with E-state index in [-0.39, 0.29) is 0 Å². The molecule has 3 fully saturated rings. The number of hydrogen-bond donors (Lipinski definition) is 1. The van der Waals surface area contributed by atoms with Gasteiger partial charge in [0.05, 0.1) is 0 Å². The van der Waals surface area contributed by atoms with E-state index in [2.05, 4.69) is 17.1 Å². The Balaban J connectivity index is 1.49. The molecular formula is C18H33NS. The van der Waals surface area contributed by atoms with Crippen LogP contribution >= 0.6 is 11.8 Å². The van der Waals surface area contributed by atoms with E-state index in [0.29, 0.717) is 0 Å². The topological polar surface area (TPSA) is 12.0 Å². The highest BCUT2D eigenvalue weighted by molar-refractivity contribution is 7.99. The van der Waals surface area contributed by atoms with Crippen LogP contribution in [0.3, 0.4) is 0 Å². The van der Waals surface area contributed by atoms with E-state index in [1.807, 2.05) is 0 Å². The number of thioether (sulfide) groups is 1. The molecule has 1 aliphatic heterocycles. The van der Waals surface area contributed by atoms with Crippen LogP contribution in [-0.4, -0.2) is 23.6 Å². The van der Waals surface area contributed by atoms with E-state index in [0.717, 1.165) is 23.1 Å². The minimum absolute atomic E-state index is 0.856. The second-order valence-corrected chi connectivity index (χ2v) is 8.76. The van der Waals surface area contributed by atoms with Gasteiger partial charge in [-0.2, -0.15) is 11.8 Å². The van der Waals surface area contributed by atoms with Gasteiger partial charge in [0.15, 0.2) is 0 Å². The van der Waals surface area contributed by atoms with Crippen molar-refractivity contribution >= 4 is 11.8 Å². The van der Waals surface area contributed by atoms with E-state index in [9.17, 15) is 0 Å². The zero-order valence-electron chi connectivity index (χ0n) is 13.1. The zero-order chi connectivity index (χ0) is 13.6. The maximum atomic E-state index is 4.02. The van der Waals surface area contributed by atoms with Gasteiger partial charge in [0.1, 0.15) is 0 Å². The highest BCUT2D eigenvalue weighted by Crippen LogP contribution is 2.38. The van der Waals surface area contributed by atoms with Crippen LogP contribution in [0.1, 0.15) is 77.0 Å². The molecule has 2 aliphatic carbocycles. The molecule has 3 atom stereocenters. The summed E-state index contributed by atoms with van der Waals surface area (Å²) in [6.45, 7) is 1.29. The Bertz CT molecular complexity index is 269. The molecule has 1 nitrogen and oxygen atoms in total. The molecule has 3 unspecified atom stereocenters. The lowest BCUT2D eigenvalue weighted by molar-refractivity contribution is 0.150. The standard InChI is InChI=1S/C18H33NS/c1-2-8-15(9-3-1)17-11-4-5-12-18(17)19-14-16-10-6-7-13-20-16/h15-19H,1-14H2. The predicted molar refractivity (Wildman–Crippen MR) is 90.4 cm³/mol. The smallest absolute Gasteiger partial charge is 0.0172 e. The van der Waals surface area contributed by atoms with E-state index < -0.39 is 0 Å². The van der Waals surface area contributed by atoms with Gasteiger partial charge in [0.2, 0.25) is 0 Å². The van der Waals surface area contributed by atoms with Crippen molar-refractivity contribution in [1.82, 2.24) is 5.32 Å². The van der Waals surface area contributed by atoms with Gasteiger partial charge >= 0.3 is 0 Å². The van der Waals surface area contributed by atoms with Crippen LogP contribution in [0.25, 0.3) is 0 Å². The number of nitrogens with one attached hydrogen (secondary N) is 1. The first-order chi connectivity index (χ1) is 9.93. The van der Waals surface area contributed by atoms with Crippen molar-refractivity contribution in [1.29, 1.82) is 0 Å². The molecule has 2 saturated carbocycles. The second-order valence-electron chi connectivity index (χ2n) is 7.35. The summed E-state index contributed by atoms with van der Waals surface area (Å²) in [5.41, 5.74) is 0. The summed E-state index contributed by atoms with van der Waals surface area (Å²) in [4.78, 5) is 0. The Labute approximate surface area is 130 Å². The summed E-state index contributed by atoms with van der Waals surface area (Å²) in [5, 5.41) is 4.93. The Morgan fingerprint density at radius 3 is 2.30 bits per heavy atom. The average Bonchev–Trinajstić information content (AvgIpc) is 2.55. The molecule has 0 aromatic heterocycles. The molecule has 3 rings (SSSR count). The van der Waals surface area contributed by atoms with E-state index in [1.54, 1.807) is 0 Å². The summed E-state index contributed by atoms with van der Waals surface area (Å²) < 4.78 is 0. The fraction of sp³-hybridized carbons (Fsp3) is 1.00. The van der Waals surface area contributed by atoms with Crippen LogP contribution in [0.4, 0.5) is 0 Å². The molecule has 1 saturated heterocycles. The second kappa shape index (κ2) is 8.08. The van der Waals surface area contributed by atoms with Crippen LogP contribution in [-0.2, 0) is 0 Å². The largest absolute Gasteiger partial charge is 0.313 e. The van der Waals surface area contributed by atoms with Gasteiger partial charge in [-0.25, -0.2) is 0 Å². The van der Waals surface area contributed by atoms with Crippen LogP contribution < -0.4 is 5.32 Å². The fourth-order valence-electron chi connectivity index (χ4n) is 4.79. The van der Waals surface area contributed by atoms with Crippen LogP contribution in [0.5, 0.6) is 0 Å². The third-order valence-corrected chi connectivity index (χ3v) is 7.35. The SMILES string of the molecule is C1CCC(C2CCCCC2NCC2CCCCS2)CC1. The lowest BCUT2D eigenvalue weighted by atomic mass is 9.71. The minimum atomic E-state index is 0.856. The summed E-state index contributed by atoms with van der Waals surface area (Å²) in [6, 6.07) is 0.856. The van der Waals surface area contributed by atoms with E-state index in [1.165, 1.54) is 89.3 Å². The summed E-state index contributed by atoms with van der Waals surface area (Å²) in [5.74, 6) is 3.47. The van der Waals surface area contributed by atoms with Gasteiger partial charge < -0.3 is 5.32 Å². The molecule has 2 heteroatoms. The molecule has 0 radical (unpaired) electrons. The Morgan fingerprint density at radius 1 is 0.750 bits per heavy atom. The normalized spacial score (nSPS) is 36.9. The van der Waals surface area contributed by atoms with Gasteiger partial charge in [-0.05, 0) is 43.3 Å². The van der Waals surface area contributed by atoms with Gasteiger partial charge in [-0.15, -0.1) is 0 Å². The monoisotopic (exact) mass is 295 g/mol. The first-order valence-electron chi connectivity index (χ1n) is 9.28. The number of hydrogen-bond acceptors (Lipinski definition) is 2. The molecule has 1 N–H and O–H groups in total. The maximum Gasteiger partial charge on any atom is 0.0172 e. The molecule has 0 spiro atoms. The average molecular weight is 296 g/mol. The molecule has 1 heterocycles. The highest BCUT2D eigenvalue weighted by Gasteiger charge is 2.32. The molecule has 0 bridgehead atoms. The van der Waals surface area contributed by atoms with Crippen LogP contribution in [0.15, 0.2) is 0 Å². The van der Waals surface area contributed by atoms with Crippen molar-refractivity contribution in [3.8, 4) is 0 Å². The maximum absolute atomic E-state index is 4.02. The van der Waals surface area contributed by atoms with Gasteiger partial charge in [-0.1, -0.05) is 51.4 Å². The zero-order valence-corrected chi connectivity index (χ0v) is 13.9. The number of rotatable bonds is 4. The van der Waals surface area contributed by atoms with Gasteiger partial charge in [0.25, 0.3) is 0 Å². The minimum Gasteiger partial charge on any atom is -0.313 e. The van der Waals surface area contributed by atoms with Crippen molar-refractivity contribution in [2.75, 3.05) is 12.3 Å². The summed E-state index contributed by atoms with van der Waals surface area (Å²) in [6.07, 6.45) is 17.9. The third-order valence-electron chi connectivity index (χ3n) is 5.96. The van der Waals surface area contributed by atoms with Crippen molar-refractivity contribution in [3.63, 3.8) is 0 Å². The Hall–Kier alpha value is 0.310. The fourth-order valence-corrected chi connectivity index (χ4v) is 6.04. The lowest BCUT2D eigenvalue weighted by Crippen LogP contribution is -2.45. The van der Waals surface area contributed by atoms with Crippen molar-refractivity contribution in [2.24, 2.45) is 11.8 Å². The van der Waals surface area contributed by atoms with Crippen molar-refractivity contribution < 1.29 is 0 Å². The van der Waals surface area contributed by atoms with E-state index in [4.69, 9.17) is 0 Å². The first-order valence-corrected chi connectivity index (χ1v) is 10.3. The molecule has 0 aromatic rings. The first kappa shape index (κ1) is 15.2. The highest BCUT2D eigenvalue weighted by atomic mass is 32.2. The molecule has 0 amide bonds. The molecule has 20 heavy (non-hydrogen) atoms. The third kappa shape index (κ3) is 4.16.